The van der Waals surface area contributed by atoms with Gasteiger partial charge in [-0.3, -0.25) is 9.69 Å². The van der Waals surface area contributed by atoms with Gasteiger partial charge < -0.3 is 10.4 Å². The number of amides is 1. The lowest BCUT2D eigenvalue weighted by molar-refractivity contribution is -0.117. The van der Waals surface area contributed by atoms with E-state index in [0.29, 0.717) is 18.2 Å². The maximum absolute atomic E-state index is 12.9. The Bertz CT molecular complexity index is 557. The minimum atomic E-state index is -0.282. The standard InChI is InChI=1S/C19H27FN2O2/c1-15(13-16-6-8-17(20)9-7-16)19(24)21-10-2-3-11-22-12-4-5-18(22)14-23/h6-9,13,18,23H,2-5,10-12,14H2,1H3,(H,21,24)/b15-13-. The summed E-state index contributed by atoms with van der Waals surface area (Å²) in [4.78, 5) is 14.4. The molecule has 1 aliphatic heterocycles. The number of aliphatic hydroxyl groups is 1. The van der Waals surface area contributed by atoms with E-state index >= 15 is 0 Å². The van der Waals surface area contributed by atoms with Crippen molar-refractivity contribution in [3.63, 3.8) is 0 Å². The summed E-state index contributed by atoms with van der Waals surface area (Å²) in [6.45, 7) is 4.69. The molecule has 1 unspecified atom stereocenters. The van der Waals surface area contributed by atoms with Crippen LogP contribution in [0.3, 0.4) is 0 Å². The normalized spacial score (nSPS) is 18.8. The molecule has 5 heteroatoms. The molecule has 0 radical (unpaired) electrons. The van der Waals surface area contributed by atoms with E-state index < -0.39 is 0 Å². The zero-order valence-electron chi connectivity index (χ0n) is 14.3. The summed E-state index contributed by atoms with van der Waals surface area (Å²) in [5.74, 6) is -0.371. The fraction of sp³-hybridized carbons (Fsp3) is 0.526. The molecular formula is C19H27FN2O2. The van der Waals surface area contributed by atoms with Gasteiger partial charge in [-0.25, -0.2) is 4.39 Å². The molecule has 1 saturated heterocycles. The van der Waals surface area contributed by atoms with Gasteiger partial charge in [0.1, 0.15) is 5.82 Å². The molecule has 0 aromatic heterocycles. The molecule has 0 spiro atoms. The monoisotopic (exact) mass is 334 g/mol. The van der Waals surface area contributed by atoms with Crippen LogP contribution in [0.1, 0.15) is 38.2 Å². The third kappa shape index (κ3) is 5.73. The van der Waals surface area contributed by atoms with Crippen molar-refractivity contribution in [3.8, 4) is 0 Å². The van der Waals surface area contributed by atoms with Crippen LogP contribution < -0.4 is 5.32 Å². The maximum Gasteiger partial charge on any atom is 0.246 e. The molecule has 0 saturated carbocycles. The minimum absolute atomic E-state index is 0.0891. The first kappa shape index (κ1) is 18.6. The number of carbonyl (C=O) groups excluding carboxylic acids is 1. The number of nitrogens with zero attached hydrogens (tertiary/aromatic N) is 1. The highest BCUT2D eigenvalue weighted by atomic mass is 19.1. The third-order valence-electron chi connectivity index (χ3n) is 4.48. The minimum Gasteiger partial charge on any atom is -0.395 e. The highest BCUT2D eigenvalue weighted by Gasteiger charge is 2.22. The maximum atomic E-state index is 12.9. The van der Waals surface area contributed by atoms with Crippen molar-refractivity contribution in [2.24, 2.45) is 0 Å². The van der Waals surface area contributed by atoms with Gasteiger partial charge in [-0.1, -0.05) is 12.1 Å². The van der Waals surface area contributed by atoms with Gasteiger partial charge in [0.05, 0.1) is 6.61 Å². The van der Waals surface area contributed by atoms with Crippen molar-refractivity contribution in [2.75, 3.05) is 26.2 Å². The van der Waals surface area contributed by atoms with Crippen LogP contribution in [0, 0.1) is 5.82 Å². The molecule has 1 aromatic rings. The Kier molecular flexibility index (Phi) is 7.40. The van der Waals surface area contributed by atoms with E-state index in [2.05, 4.69) is 10.2 Å². The molecule has 2 N–H and O–H groups in total. The number of hydrogen-bond donors (Lipinski definition) is 2. The van der Waals surface area contributed by atoms with Gasteiger partial charge in [0.25, 0.3) is 0 Å². The molecule has 4 nitrogen and oxygen atoms in total. The van der Waals surface area contributed by atoms with Gasteiger partial charge in [-0.05, 0) is 69.5 Å². The van der Waals surface area contributed by atoms with E-state index in [9.17, 15) is 14.3 Å². The van der Waals surface area contributed by atoms with E-state index in [1.165, 1.54) is 12.1 Å². The molecule has 1 amide bonds. The molecule has 1 atom stereocenters. The number of halogens is 1. The lowest BCUT2D eigenvalue weighted by atomic mass is 10.1. The van der Waals surface area contributed by atoms with Crippen LogP contribution in [0.5, 0.6) is 0 Å². The van der Waals surface area contributed by atoms with Crippen molar-refractivity contribution in [3.05, 3.63) is 41.2 Å². The quantitative estimate of drug-likeness (QED) is 0.567. The van der Waals surface area contributed by atoms with Crippen molar-refractivity contribution in [1.29, 1.82) is 0 Å². The summed E-state index contributed by atoms with van der Waals surface area (Å²) in [5.41, 5.74) is 1.43. The number of unbranched alkanes of at least 4 members (excludes halogenated alkanes) is 1. The second-order valence-corrected chi connectivity index (χ2v) is 6.36. The van der Waals surface area contributed by atoms with Gasteiger partial charge in [0, 0.05) is 18.2 Å². The van der Waals surface area contributed by atoms with Crippen molar-refractivity contribution >= 4 is 12.0 Å². The molecule has 2 rings (SSSR count). The molecule has 0 aliphatic carbocycles. The van der Waals surface area contributed by atoms with Gasteiger partial charge in [-0.2, -0.15) is 0 Å². The first-order valence-electron chi connectivity index (χ1n) is 8.67. The molecule has 24 heavy (non-hydrogen) atoms. The van der Waals surface area contributed by atoms with Gasteiger partial charge in [0.2, 0.25) is 5.91 Å². The van der Waals surface area contributed by atoms with Crippen LogP contribution in [0.4, 0.5) is 4.39 Å². The molecule has 132 valence electrons. The van der Waals surface area contributed by atoms with E-state index in [1.807, 2.05) is 0 Å². The van der Waals surface area contributed by atoms with Crippen LogP contribution in [0.2, 0.25) is 0 Å². The Morgan fingerprint density at radius 1 is 1.38 bits per heavy atom. The van der Waals surface area contributed by atoms with Crippen LogP contribution >= 0.6 is 0 Å². The number of likely N-dealkylation sites (tertiary alicyclic amines) is 1. The zero-order chi connectivity index (χ0) is 17.4. The summed E-state index contributed by atoms with van der Waals surface area (Å²) in [7, 11) is 0. The summed E-state index contributed by atoms with van der Waals surface area (Å²) in [6, 6.07) is 6.39. The van der Waals surface area contributed by atoms with Crippen molar-refractivity contribution < 1.29 is 14.3 Å². The topological polar surface area (TPSA) is 52.6 Å². The second kappa shape index (κ2) is 9.55. The van der Waals surface area contributed by atoms with E-state index in [1.54, 1.807) is 25.1 Å². The zero-order valence-corrected chi connectivity index (χ0v) is 14.3. The molecule has 1 heterocycles. The predicted molar refractivity (Wildman–Crippen MR) is 94.0 cm³/mol. The van der Waals surface area contributed by atoms with Crippen LogP contribution in [-0.4, -0.2) is 48.2 Å². The SMILES string of the molecule is C/C(=C/c1ccc(F)cc1)C(=O)NCCCCN1CCCC1CO. The Morgan fingerprint density at radius 3 is 2.83 bits per heavy atom. The third-order valence-corrected chi connectivity index (χ3v) is 4.48. The van der Waals surface area contributed by atoms with Crippen LogP contribution in [-0.2, 0) is 4.79 Å². The van der Waals surface area contributed by atoms with Gasteiger partial charge in [-0.15, -0.1) is 0 Å². The first-order valence-corrected chi connectivity index (χ1v) is 8.67. The van der Waals surface area contributed by atoms with Gasteiger partial charge in [0.15, 0.2) is 0 Å². The molecule has 1 aromatic carbocycles. The summed E-state index contributed by atoms with van der Waals surface area (Å²) >= 11 is 0. The Labute approximate surface area is 143 Å². The average Bonchev–Trinajstić information content (AvgIpc) is 3.04. The average molecular weight is 334 g/mol. The van der Waals surface area contributed by atoms with E-state index in [0.717, 1.165) is 44.3 Å². The molecular weight excluding hydrogens is 307 g/mol. The van der Waals surface area contributed by atoms with Crippen molar-refractivity contribution in [2.45, 2.75) is 38.6 Å². The van der Waals surface area contributed by atoms with E-state index in [4.69, 9.17) is 0 Å². The first-order chi connectivity index (χ1) is 11.6. The number of benzene rings is 1. The van der Waals surface area contributed by atoms with E-state index in [-0.39, 0.29) is 18.3 Å². The lowest BCUT2D eigenvalue weighted by Crippen LogP contribution is -2.33. The van der Waals surface area contributed by atoms with Crippen molar-refractivity contribution in [1.82, 2.24) is 10.2 Å². The summed E-state index contributed by atoms with van der Waals surface area (Å²) < 4.78 is 12.9. The van der Waals surface area contributed by atoms with Gasteiger partial charge >= 0.3 is 0 Å². The second-order valence-electron chi connectivity index (χ2n) is 6.36. The number of rotatable bonds is 8. The molecule has 1 fully saturated rings. The van der Waals surface area contributed by atoms with Crippen LogP contribution in [0.15, 0.2) is 29.8 Å². The lowest BCUT2D eigenvalue weighted by Gasteiger charge is -2.22. The predicted octanol–water partition coefficient (Wildman–Crippen LogP) is 2.58. The molecule has 1 aliphatic rings. The number of aliphatic hydroxyl groups excluding tert-OH is 1. The highest BCUT2D eigenvalue weighted by Crippen LogP contribution is 2.16. The highest BCUT2D eigenvalue weighted by molar-refractivity contribution is 5.97. The molecule has 0 bridgehead atoms. The summed E-state index contributed by atoms with van der Waals surface area (Å²) in [6.07, 6.45) is 5.93. The summed E-state index contributed by atoms with van der Waals surface area (Å²) in [5, 5.41) is 12.2. The number of hydrogen-bond acceptors (Lipinski definition) is 3. The fourth-order valence-corrected chi connectivity index (χ4v) is 3.05. The van der Waals surface area contributed by atoms with Crippen LogP contribution in [0.25, 0.3) is 6.08 Å². The fourth-order valence-electron chi connectivity index (χ4n) is 3.05. The number of carbonyl (C=O) groups is 1. The Balaban J connectivity index is 1.66. The smallest absolute Gasteiger partial charge is 0.246 e. The Morgan fingerprint density at radius 2 is 2.12 bits per heavy atom. The Hall–Kier alpha value is -1.72. The largest absolute Gasteiger partial charge is 0.395 e. The number of nitrogens with one attached hydrogen (secondary N) is 1.